The van der Waals surface area contributed by atoms with Crippen LogP contribution in [0.1, 0.15) is 28.7 Å². The van der Waals surface area contributed by atoms with Crippen molar-refractivity contribution >= 4 is 17.6 Å². The van der Waals surface area contributed by atoms with Gasteiger partial charge in [-0.2, -0.15) is 0 Å². The van der Waals surface area contributed by atoms with Crippen molar-refractivity contribution in [1.82, 2.24) is 0 Å². The minimum atomic E-state index is -1.63. The van der Waals surface area contributed by atoms with Gasteiger partial charge in [0.05, 0.1) is 13.0 Å². The van der Waals surface area contributed by atoms with Gasteiger partial charge in [-0.05, 0) is 58.7 Å². The molecule has 0 aliphatic heterocycles. The molecule has 3 aromatic rings. The van der Waals surface area contributed by atoms with Crippen molar-refractivity contribution in [3.63, 3.8) is 0 Å². The molecule has 3 aliphatic rings. The molecule has 0 saturated carbocycles. The highest BCUT2D eigenvalue weighted by Gasteiger charge is 2.62. The lowest BCUT2D eigenvalue weighted by atomic mass is 9.54. The van der Waals surface area contributed by atoms with E-state index >= 15 is 0 Å². The Kier molecular flexibility index (Phi) is 4.19. The Morgan fingerprint density at radius 1 is 0.933 bits per heavy atom. The van der Waals surface area contributed by atoms with Crippen LogP contribution in [0.4, 0.5) is 0 Å². The Morgan fingerprint density at radius 3 is 2.27 bits per heavy atom. The summed E-state index contributed by atoms with van der Waals surface area (Å²) in [6, 6.07) is 18.7. The fraction of sp³-hybridized carbons (Fsp3) is 0.208. The van der Waals surface area contributed by atoms with Crippen molar-refractivity contribution < 1.29 is 24.5 Å². The van der Waals surface area contributed by atoms with Crippen molar-refractivity contribution in [1.29, 1.82) is 0 Å². The molecule has 3 atom stereocenters. The highest BCUT2D eigenvalue weighted by molar-refractivity contribution is 6.30. The number of halogens is 1. The van der Waals surface area contributed by atoms with E-state index in [4.69, 9.17) is 21.1 Å². The van der Waals surface area contributed by atoms with Crippen LogP contribution in [-0.2, 0) is 16.0 Å². The molecule has 3 aliphatic carbocycles. The predicted octanol–water partition coefficient (Wildman–Crippen LogP) is 3.76. The topological polar surface area (TPSA) is 76.0 Å². The van der Waals surface area contributed by atoms with Crippen LogP contribution in [0.15, 0.2) is 66.7 Å². The molecule has 0 spiro atoms. The van der Waals surface area contributed by atoms with Gasteiger partial charge in [-0.25, -0.2) is 0 Å². The normalized spacial score (nSPS) is 25.9. The molecule has 0 heterocycles. The van der Waals surface area contributed by atoms with Gasteiger partial charge in [-0.1, -0.05) is 41.9 Å². The summed E-state index contributed by atoms with van der Waals surface area (Å²) in [6.07, 6.45) is -0.0111. The van der Waals surface area contributed by atoms with E-state index in [1.54, 1.807) is 73.8 Å². The van der Waals surface area contributed by atoms with Gasteiger partial charge in [-0.3, -0.25) is 4.79 Å². The van der Waals surface area contributed by atoms with Gasteiger partial charge in [0.1, 0.15) is 22.7 Å². The second-order valence-electron chi connectivity index (χ2n) is 7.72. The van der Waals surface area contributed by atoms with E-state index in [0.717, 1.165) is 0 Å². The predicted molar refractivity (Wildman–Crippen MR) is 111 cm³/mol. The number of benzene rings is 3. The average molecular weight is 423 g/mol. The van der Waals surface area contributed by atoms with Crippen LogP contribution in [0.2, 0.25) is 5.02 Å². The second kappa shape index (κ2) is 6.57. The maximum Gasteiger partial charge on any atom is 0.318 e. The first kappa shape index (κ1) is 19.1. The van der Waals surface area contributed by atoms with E-state index in [1.165, 1.54) is 0 Å². The van der Waals surface area contributed by atoms with Crippen molar-refractivity contribution in [2.24, 2.45) is 5.92 Å². The Morgan fingerprint density at radius 2 is 1.57 bits per heavy atom. The number of hydrogen-bond acceptors (Lipinski definition) is 5. The zero-order valence-electron chi connectivity index (χ0n) is 16.1. The molecule has 6 rings (SSSR count). The van der Waals surface area contributed by atoms with Gasteiger partial charge in [0, 0.05) is 11.4 Å². The molecule has 0 amide bonds. The van der Waals surface area contributed by atoms with Crippen LogP contribution in [0, 0.1) is 5.92 Å². The van der Waals surface area contributed by atoms with Gasteiger partial charge in [0.25, 0.3) is 0 Å². The molecule has 2 bridgehead atoms. The fourth-order valence-corrected chi connectivity index (χ4v) is 4.95. The van der Waals surface area contributed by atoms with Gasteiger partial charge in [-0.15, -0.1) is 0 Å². The first-order valence-electron chi connectivity index (χ1n) is 9.59. The molecular weight excluding hydrogens is 404 g/mol. The third-order valence-corrected chi connectivity index (χ3v) is 6.42. The summed E-state index contributed by atoms with van der Waals surface area (Å²) in [4.78, 5) is 13.2. The molecule has 0 fully saturated rings. The largest absolute Gasteiger partial charge is 0.497 e. The number of hydrogen-bond donors (Lipinski definition) is 2. The lowest BCUT2D eigenvalue weighted by Gasteiger charge is -2.53. The third-order valence-electron chi connectivity index (χ3n) is 6.19. The van der Waals surface area contributed by atoms with Crippen LogP contribution in [0.5, 0.6) is 11.5 Å². The second-order valence-corrected chi connectivity index (χ2v) is 8.15. The molecular formula is C24H19ClO5. The van der Waals surface area contributed by atoms with E-state index in [-0.39, 0.29) is 6.42 Å². The number of esters is 1. The summed E-state index contributed by atoms with van der Waals surface area (Å²) in [5, 5.41) is 24.1. The summed E-state index contributed by atoms with van der Waals surface area (Å²) in [5.74, 6) is -0.633. The summed E-state index contributed by atoms with van der Waals surface area (Å²) < 4.78 is 10.7. The van der Waals surface area contributed by atoms with Gasteiger partial charge in [0.15, 0.2) is 0 Å². The Labute approximate surface area is 178 Å². The van der Waals surface area contributed by atoms with Crippen LogP contribution < -0.4 is 9.47 Å². The van der Waals surface area contributed by atoms with Crippen molar-refractivity contribution in [3.05, 3.63) is 94.0 Å². The smallest absolute Gasteiger partial charge is 0.318 e. The maximum absolute atomic E-state index is 13.2. The number of ether oxygens (including phenoxy) is 2. The van der Waals surface area contributed by atoms with Crippen LogP contribution in [0.3, 0.4) is 0 Å². The minimum Gasteiger partial charge on any atom is -0.497 e. The molecule has 0 saturated heterocycles. The zero-order chi connectivity index (χ0) is 21.1. The standard InChI is InChI=1S/C24H19ClO5/c1-29-15-7-9-16(10-8-15)30-22(26)21-13-23(27)17-4-2-3-5-18(17)24(21,28)19-11-6-14(25)12-20(19)23/h2-12,21,27-28H,13H2,1H3. The first-order chi connectivity index (χ1) is 14.4. The summed E-state index contributed by atoms with van der Waals surface area (Å²) in [6.45, 7) is 0. The molecule has 0 aromatic heterocycles. The quantitative estimate of drug-likeness (QED) is 0.496. The van der Waals surface area contributed by atoms with Crippen molar-refractivity contribution in [3.8, 4) is 11.5 Å². The molecule has 152 valence electrons. The summed E-state index contributed by atoms with van der Waals surface area (Å²) >= 11 is 6.18. The molecule has 0 radical (unpaired) electrons. The monoisotopic (exact) mass is 422 g/mol. The van der Waals surface area contributed by atoms with E-state index in [1.807, 2.05) is 0 Å². The van der Waals surface area contributed by atoms with E-state index < -0.39 is 23.1 Å². The van der Waals surface area contributed by atoms with Crippen molar-refractivity contribution in [2.75, 3.05) is 7.11 Å². The van der Waals surface area contributed by atoms with Crippen LogP contribution >= 0.6 is 11.6 Å². The highest BCUT2D eigenvalue weighted by Crippen LogP contribution is 2.60. The molecule has 6 heteroatoms. The van der Waals surface area contributed by atoms with Crippen LogP contribution in [0.25, 0.3) is 0 Å². The number of aliphatic hydroxyl groups is 2. The van der Waals surface area contributed by atoms with E-state index in [9.17, 15) is 15.0 Å². The Balaban J connectivity index is 1.61. The number of carbonyl (C=O) groups excluding carboxylic acids is 1. The summed E-state index contributed by atoms with van der Waals surface area (Å²) in [7, 11) is 1.55. The molecule has 3 aromatic carbocycles. The molecule has 30 heavy (non-hydrogen) atoms. The van der Waals surface area contributed by atoms with E-state index in [2.05, 4.69) is 0 Å². The third kappa shape index (κ3) is 2.53. The van der Waals surface area contributed by atoms with Crippen molar-refractivity contribution in [2.45, 2.75) is 17.6 Å². The SMILES string of the molecule is COc1ccc(OC(=O)C2CC3(O)c4ccccc4C2(O)c2ccc(Cl)cc23)cc1. The lowest BCUT2D eigenvalue weighted by Crippen LogP contribution is -2.57. The Hall–Kier alpha value is -2.86. The number of methoxy groups -OCH3 is 1. The molecule has 3 unspecified atom stereocenters. The zero-order valence-corrected chi connectivity index (χ0v) is 16.9. The van der Waals surface area contributed by atoms with Gasteiger partial charge in [0.2, 0.25) is 0 Å². The number of carbonyl (C=O) groups is 1. The van der Waals surface area contributed by atoms with Gasteiger partial charge < -0.3 is 19.7 Å². The van der Waals surface area contributed by atoms with E-state index in [0.29, 0.717) is 38.8 Å². The summed E-state index contributed by atoms with van der Waals surface area (Å²) in [5.41, 5.74) is -1.02. The highest BCUT2D eigenvalue weighted by atomic mass is 35.5. The Bertz CT molecular complexity index is 1160. The first-order valence-corrected chi connectivity index (χ1v) is 9.96. The average Bonchev–Trinajstić information content (AvgIpc) is 2.76. The van der Waals surface area contributed by atoms with Gasteiger partial charge >= 0.3 is 5.97 Å². The lowest BCUT2D eigenvalue weighted by molar-refractivity contribution is -0.157. The number of rotatable bonds is 3. The molecule has 2 N–H and O–H groups in total. The number of fused-ring (bicyclic) bond motifs is 1. The van der Waals surface area contributed by atoms with Crippen LogP contribution in [-0.4, -0.2) is 23.3 Å². The minimum absolute atomic E-state index is 0.0111. The molecule has 5 nitrogen and oxygen atoms in total. The maximum atomic E-state index is 13.2. The fourth-order valence-electron chi connectivity index (χ4n) is 4.78.